The van der Waals surface area contributed by atoms with Crippen LogP contribution in [-0.2, 0) is 20.1 Å². The van der Waals surface area contributed by atoms with Crippen LogP contribution in [0.4, 0.5) is 0 Å². The highest BCUT2D eigenvalue weighted by Crippen LogP contribution is 2.14. The van der Waals surface area contributed by atoms with Crippen molar-refractivity contribution in [3.05, 3.63) is 45.4 Å². The summed E-state index contributed by atoms with van der Waals surface area (Å²) in [6.45, 7) is 4.39. The van der Waals surface area contributed by atoms with Gasteiger partial charge in [-0.2, -0.15) is 11.3 Å². The standard InChI is InChI=1S/C15H21ClN4S/c1-4-17-15(18-8-12-5-6-21-11-12)20(3)10-14-7-13(16)9-19(14)2/h5-7,9,11H,4,8,10H2,1-3H3,(H,17,18). The number of hydrogen-bond acceptors (Lipinski definition) is 2. The third kappa shape index (κ3) is 4.51. The number of aryl methyl sites for hydroxylation is 1. The zero-order valence-corrected chi connectivity index (χ0v) is 14.2. The summed E-state index contributed by atoms with van der Waals surface area (Å²) in [7, 11) is 4.04. The van der Waals surface area contributed by atoms with Gasteiger partial charge in [0, 0.05) is 32.5 Å². The van der Waals surface area contributed by atoms with Gasteiger partial charge >= 0.3 is 0 Å². The van der Waals surface area contributed by atoms with Gasteiger partial charge in [-0.25, -0.2) is 4.99 Å². The zero-order valence-electron chi connectivity index (χ0n) is 12.6. The molecule has 0 saturated carbocycles. The number of halogens is 1. The Bertz CT molecular complexity index is 589. The van der Waals surface area contributed by atoms with Crippen molar-refractivity contribution >= 4 is 28.9 Å². The van der Waals surface area contributed by atoms with Crippen molar-refractivity contribution in [2.45, 2.75) is 20.0 Å². The summed E-state index contributed by atoms with van der Waals surface area (Å²) in [4.78, 5) is 6.80. The molecule has 0 atom stereocenters. The lowest BCUT2D eigenvalue weighted by Gasteiger charge is -2.22. The summed E-state index contributed by atoms with van der Waals surface area (Å²) >= 11 is 7.73. The van der Waals surface area contributed by atoms with E-state index in [1.807, 2.05) is 30.9 Å². The first-order valence-electron chi connectivity index (χ1n) is 6.91. The van der Waals surface area contributed by atoms with Crippen LogP contribution >= 0.6 is 22.9 Å². The largest absolute Gasteiger partial charge is 0.357 e. The van der Waals surface area contributed by atoms with Crippen molar-refractivity contribution < 1.29 is 0 Å². The lowest BCUT2D eigenvalue weighted by atomic mass is 10.3. The van der Waals surface area contributed by atoms with E-state index < -0.39 is 0 Å². The molecule has 0 radical (unpaired) electrons. The van der Waals surface area contributed by atoms with E-state index in [1.54, 1.807) is 11.3 Å². The zero-order chi connectivity index (χ0) is 15.2. The first-order valence-corrected chi connectivity index (χ1v) is 8.23. The molecule has 0 aliphatic rings. The Morgan fingerprint density at radius 2 is 2.33 bits per heavy atom. The Balaban J connectivity index is 2.06. The van der Waals surface area contributed by atoms with Crippen molar-refractivity contribution in [1.82, 2.24) is 14.8 Å². The summed E-state index contributed by atoms with van der Waals surface area (Å²) in [6.07, 6.45) is 1.92. The molecular formula is C15H21ClN4S. The fourth-order valence-electron chi connectivity index (χ4n) is 2.06. The maximum Gasteiger partial charge on any atom is 0.194 e. The van der Waals surface area contributed by atoms with Crippen molar-refractivity contribution in [3.63, 3.8) is 0 Å². The van der Waals surface area contributed by atoms with E-state index in [9.17, 15) is 0 Å². The van der Waals surface area contributed by atoms with Gasteiger partial charge in [0.2, 0.25) is 0 Å². The minimum absolute atomic E-state index is 0.698. The van der Waals surface area contributed by atoms with Gasteiger partial charge in [-0.1, -0.05) is 11.6 Å². The maximum absolute atomic E-state index is 6.03. The van der Waals surface area contributed by atoms with Crippen LogP contribution in [0.5, 0.6) is 0 Å². The smallest absolute Gasteiger partial charge is 0.194 e. The molecule has 0 aromatic carbocycles. The molecule has 0 aliphatic carbocycles. The molecule has 2 aromatic rings. The van der Waals surface area contributed by atoms with Crippen molar-refractivity contribution in [2.24, 2.45) is 12.0 Å². The lowest BCUT2D eigenvalue weighted by molar-refractivity contribution is 0.462. The second kappa shape index (κ2) is 7.52. The average molecular weight is 325 g/mol. The van der Waals surface area contributed by atoms with Crippen LogP contribution in [0, 0.1) is 0 Å². The summed E-state index contributed by atoms with van der Waals surface area (Å²) in [5.74, 6) is 0.904. The highest BCUT2D eigenvalue weighted by Gasteiger charge is 2.09. The molecule has 2 heterocycles. The van der Waals surface area contributed by atoms with Crippen molar-refractivity contribution in [2.75, 3.05) is 13.6 Å². The minimum atomic E-state index is 0.698. The van der Waals surface area contributed by atoms with Crippen molar-refractivity contribution in [1.29, 1.82) is 0 Å². The van der Waals surface area contributed by atoms with Gasteiger partial charge in [-0.15, -0.1) is 0 Å². The molecular weight excluding hydrogens is 304 g/mol. The molecule has 0 unspecified atom stereocenters. The van der Waals surface area contributed by atoms with Crippen LogP contribution < -0.4 is 5.32 Å². The van der Waals surface area contributed by atoms with Gasteiger partial charge in [-0.05, 0) is 35.4 Å². The van der Waals surface area contributed by atoms with Gasteiger partial charge in [0.15, 0.2) is 5.96 Å². The molecule has 0 spiro atoms. The summed E-state index contributed by atoms with van der Waals surface area (Å²) in [5, 5.41) is 8.30. The van der Waals surface area contributed by atoms with E-state index in [-0.39, 0.29) is 0 Å². The number of aromatic nitrogens is 1. The second-order valence-corrected chi connectivity index (χ2v) is 6.13. The molecule has 114 valence electrons. The number of nitrogens with zero attached hydrogens (tertiary/aromatic N) is 3. The molecule has 0 amide bonds. The van der Waals surface area contributed by atoms with E-state index in [0.717, 1.165) is 29.8 Å². The predicted molar refractivity (Wildman–Crippen MR) is 91.0 cm³/mol. The summed E-state index contributed by atoms with van der Waals surface area (Å²) < 4.78 is 2.04. The SMILES string of the molecule is CCNC(=NCc1ccsc1)N(C)Cc1cc(Cl)cn1C. The third-order valence-corrected chi connectivity index (χ3v) is 4.10. The van der Waals surface area contributed by atoms with Gasteiger partial charge < -0.3 is 14.8 Å². The third-order valence-electron chi connectivity index (χ3n) is 3.16. The topological polar surface area (TPSA) is 32.6 Å². The Hall–Kier alpha value is -1.46. The van der Waals surface area contributed by atoms with Crippen LogP contribution in [-0.4, -0.2) is 29.0 Å². The van der Waals surface area contributed by atoms with Gasteiger partial charge in [-0.3, -0.25) is 0 Å². The Labute approximate surface area is 135 Å². The molecule has 0 aliphatic heterocycles. The number of nitrogens with one attached hydrogen (secondary N) is 1. The van der Waals surface area contributed by atoms with Gasteiger partial charge in [0.1, 0.15) is 0 Å². The van der Waals surface area contributed by atoms with Gasteiger partial charge in [0.05, 0.1) is 18.1 Å². The number of hydrogen-bond donors (Lipinski definition) is 1. The first kappa shape index (κ1) is 15.9. The molecule has 0 fully saturated rings. The fraction of sp³-hybridized carbons (Fsp3) is 0.400. The highest BCUT2D eigenvalue weighted by atomic mass is 35.5. The number of guanidine groups is 1. The lowest BCUT2D eigenvalue weighted by Crippen LogP contribution is -2.38. The quantitative estimate of drug-likeness (QED) is 0.676. The fourth-order valence-corrected chi connectivity index (χ4v) is 2.99. The van der Waals surface area contributed by atoms with Crippen molar-refractivity contribution in [3.8, 4) is 0 Å². The second-order valence-electron chi connectivity index (χ2n) is 4.92. The van der Waals surface area contributed by atoms with Crippen LogP contribution in [0.15, 0.2) is 34.1 Å². The molecule has 2 rings (SSSR count). The molecule has 21 heavy (non-hydrogen) atoms. The molecule has 2 aromatic heterocycles. The molecule has 0 saturated heterocycles. The number of rotatable bonds is 5. The molecule has 1 N–H and O–H groups in total. The van der Waals surface area contributed by atoms with Crippen LogP contribution in [0.3, 0.4) is 0 Å². The monoisotopic (exact) mass is 324 g/mol. The highest BCUT2D eigenvalue weighted by molar-refractivity contribution is 7.07. The normalized spacial score (nSPS) is 11.7. The summed E-state index contributed by atoms with van der Waals surface area (Å²) in [6, 6.07) is 4.09. The Morgan fingerprint density at radius 1 is 1.52 bits per heavy atom. The van der Waals surface area contributed by atoms with E-state index in [0.29, 0.717) is 6.54 Å². The van der Waals surface area contributed by atoms with Crippen LogP contribution in [0.2, 0.25) is 5.02 Å². The molecule has 0 bridgehead atoms. The van der Waals surface area contributed by atoms with E-state index in [2.05, 4.69) is 39.0 Å². The Kier molecular flexibility index (Phi) is 5.70. The van der Waals surface area contributed by atoms with Crippen LogP contribution in [0.25, 0.3) is 0 Å². The van der Waals surface area contributed by atoms with Crippen LogP contribution in [0.1, 0.15) is 18.2 Å². The van der Waals surface area contributed by atoms with E-state index in [4.69, 9.17) is 11.6 Å². The maximum atomic E-state index is 6.03. The number of thiophene rings is 1. The van der Waals surface area contributed by atoms with Gasteiger partial charge in [0.25, 0.3) is 0 Å². The average Bonchev–Trinajstić information content (AvgIpc) is 3.05. The summed E-state index contributed by atoms with van der Waals surface area (Å²) in [5.41, 5.74) is 2.40. The Morgan fingerprint density at radius 3 is 2.90 bits per heavy atom. The minimum Gasteiger partial charge on any atom is -0.357 e. The van der Waals surface area contributed by atoms with E-state index >= 15 is 0 Å². The predicted octanol–water partition coefficient (Wildman–Crippen LogP) is 3.34. The molecule has 4 nitrogen and oxygen atoms in total. The van der Waals surface area contributed by atoms with E-state index in [1.165, 1.54) is 5.56 Å². The number of aliphatic imine (C=N–C) groups is 1. The molecule has 6 heteroatoms. The first-order chi connectivity index (χ1) is 10.1.